The first-order valence-corrected chi connectivity index (χ1v) is 9.07. The van der Waals surface area contributed by atoms with Crippen LogP contribution in [0.4, 0.5) is 17.6 Å². The van der Waals surface area contributed by atoms with Gasteiger partial charge >= 0.3 is 19.2 Å². The molecule has 0 spiro atoms. The molecule has 0 fully saturated rings. The lowest BCUT2D eigenvalue weighted by Crippen LogP contribution is -2.02. The quantitative estimate of drug-likeness (QED) is 0.252. The normalized spacial score (nSPS) is 11.0. The number of fused-ring (bicyclic) bond motifs is 2. The van der Waals surface area contributed by atoms with Crippen molar-refractivity contribution in [3.8, 4) is 11.5 Å². The summed E-state index contributed by atoms with van der Waals surface area (Å²) in [6, 6.07) is 8.56. The zero-order chi connectivity index (χ0) is 21.8. The minimum atomic E-state index is -2.95. The molecular weight excluding hydrogens is 527 g/mol. The fourth-order valence-corrected chi connectivity index (χ4v) is 3.02. The number of hydrogen-bond acceptors (Lipinski definition) is 5. The number of carbonyl (C=O) groups is 1. The summed E-state index contributed by atoms with van der Waals surface area (Å²) in [6.07, 6.45) is 0. The number of aromatic carboxylic acids is 1. The van der Waals surface area contributed by atoms with E-state index < -0.39 is 19.2 Å². The molecular formula is C17H11F4IN4O4. The van der Waals surface area contributed by atoms with E-state index in [1.165, 1.54) is 30.3 Å². The van der Waals surface area contributed by atoms with E-state index in [-0.39, 0.29) is 22.6 Å². The van der Waals surface area contributed by atoms with Crippen LogP contribution >= 0.6 is 22.6 Å². The largest absolute Gasteiger partial charge is 0.476 e. The fourth-order valence-electron chi connectivity index (χ4n) is 2.47. The highest BCUT2D eigenvalue weighted by Gasteiger charge is 2.14. The number of nitrogens with zero attached hydrogens (tertiary/aromatic N) is 2. The first-order valence-electron chi connectivity index (χ1n) is 7.99. The molecule has 4 rings (SSSR count). The van der Waals surface area contributed by atoms with Crippen molar-refractivity contribution < 1.29 is 36.9 Å². The third-order valence-electron chi connectivity index (χ3n) is 3.67. The zero-order valence-electron chi connectivity index (χ0n) is 14.6. The molecule has 2 heterocycles. The predicted octanol–water partition coefficient (Wildman–Crippen LogP) is 4.63. The lowest BCUT2D eigenvalue weighted by molar-refractivity contribution is -0.0504. The highest BCUT2D eigenvalue weighted by molar-refractivity contribution is 14.1. The van der Waals surface area contributed by atoms with Gasteiger partial charge in [-0.15, -0.1) is 0 Å². The summed E-state index contributed by atoms with van der Waals surface area (Å²) >= 11 is 2.04. The van der Waals surface area contributed by atoms with E-state index in [1.807, 2.05) is 22.6 Å². The SMILES string of the molecule is FC(F)Oc1ccc2n[nH]c(I)c2c1.O=C(O)c1n[nH]c2ccc(OC(F)F)cc12. The Bertz CT molecular complexity index is 1180. The number of aromatic nitrogens is 4. The zero-order valence-corrected chi connectivity index (χ0v) is 16.7. The number of rotatable bonds is 5. The van der Waals surface area contributed by atoms with Crippen molar-refractivity contribution >= 4 is 50.4 Å². The summed E-state index contributed by atoms with van der Waals surface area (Å²) in [5, 5.41) is 22.5. The van der Waals surface area contributed by atoms with E-state index in [2.05, 4.69) is 29.9 Å². The van der Waals surface area contributed by atoms with Crippen LogP contribution in [-0.4, -0.2) is 44.7 Å². The van der Waals surface area contributed by atoms with Crippen LogP contribution in [-0.2, 0) is 0 Å². The van der Waals surface area contributed by atoms with Gasteiger partial charge in [-0.25, -0.2) is 4.79 Å². The number of alkyl halides is 4. The minimum Gasteiger partial charge on any atom is -0.476 e. The molecule has 0 bridgehead atoms. The van der Waals surface area contributed by atoms with Crippen LogP contribution in [0.5, 0.6) is 11.5 Å². The van der Waals surface area contributed by atoms with E-state index in [0.717, 1.165) is 14.6 Å². The van der Waals surface area contributed by atoms with E-state index in [1.54, 1.807) is 6.07 Å². The number of halogens is 5. The summed E-state index contributed by atoms with van der Waals surface area (Å²) < 4.78 is 56.9. The van der Waals surface area contributed by atoms with Gasteiger partial charge in [-0.1, -0.05) is 0 Å². The smallest absolute Gasteiger partial charge is 0.387 e. The van der Waals surface area contributed by atoms with Gasteiger partial charge < -0.3 is 14.6 Å². The molecule has 0 aliphatic heterocycles. The third-order valence-corrected chi connectivity index (χ3v) is 4.49. The molecule has 13 heteroatoms. The first-order chi connectivity index (χ1) is 14.2. The van der Waals surface area contributed by atoms with Crippen LogP contribution in [0.25, 0.3) is 21.8 Å². The topological polar surface area (TPSA) is 113 Å². The highest BCUT2D eigenvalue weighted by Crippen LogP contribution is 2.24. The third kappa shape index (κ3) is 5.08. The van der Waals surface area contributed by atoms with Gasteiger partial charge in [0.25, 0.3) is 0 Å². The van der Waals surface area contributed by atoms with Crippen LogP contribution in [0.1, 0.15) is 10.5 Å². The van der Waals surface area contributed by atoms with Gasteiger partial charge in [0.2, 0.25) is 0 Å². The molecule has 2 aromatic heterocycles. The van der Waals surface area contributed by atoms with Crippen molar-refractivity contribution in [1.29, 1.82) is 0 Å². The molecule has 0 radical (unpaired) electrons. The summed E-state index contributed by atoms with van der Waals surface area (Å²) in [4.78, 5) is 10.7. The minimum absolute atomic E-state index is 0.105. The van der Waals surface area contributed by atoms with Crippen LogP contribution in [0.3, 0.4) is 0 Å². The van der Waals surface area contributed by atoms with Crippen molar-refractivity contribution in [2.75, 3.05) is 0 Å². The average molecular weight is 538 g/mol. The molecule has 30 heavy (non-hydrogen) atoms. The molecule has 4 aromatic rings. The predicted molar refractivity (Wildman–Crippen MR) is 105 cm³/mol. The molecule has 0 unspecified atom stereocenters. The van der Waals surface area contributed by atoms with Crippen molar-refractivity contribution in [1.82, 2.24) is 20.4 Å². The number of carboxylic acid groups (broad SMARTS) is 1. The molecule has 2 aromatic carbocycles. The van der Waals surface area contributed by atoms with Crippen molar-refractivity contribution in [3.05, 3.63) is 45.8 Å². The van der Waals surface area contributed by atoms with Gasteiger partial charge in [-0.2, -0.15) is 27.8 Å². The Labute approximate surface area is 178 Å². The summed E-state index contributed by atoms with van der Waals surface area (Å²) in [7, 11) is 0. The Kier molecular flexibility index (Phi) is 6.59. The molecule has 158 valence electrons. The van der Waals surface area contributed by atoms with Gasteiger partial charge in [0.1, 0.15) is 15.2 Å². The maximum absolute atomic E-state index is 11.9. The number of H-pyrrole nitrogens is 2. The standard InChI is InChI=1S/C9H6F2N2O3.C8H5F2IN2O/c10-9(11)16-4-1-2-6-5(3-4)7(8(14)15)13-12-6;9-8(10)14-4-1-2-6-5(3-4)7(11)13-12-6/h1-3,9H,(H,12,13)(H,14,15);1-3,8H,(H,12,13). The van der Waals surface area contributed by atoms with Crippen LogP contribution in [0.2, 0.25) is 0 Å². The summed E-state index contributed by atoms with van der Waals surface area (Å²) in [5.74, 6) is -1.20. The molecule has 0 atom stereocenters. The van der Waals surface area contributed by atoms with Crippen LogP contribution in [0, 0.1) is 3.70 Å². The van der Waals surface area contributed by atoms with Crippen LogP contribution in [0.15, 0.2) is 36.4 Å². The Balaban J connectivity index is 0.000000172. The fraction of sp³-hybridized carbons (Fsp3) is 0.118. The molecule has 0 aliphatic carbocycles. The molecule has 0 saturated heterocycles. The lowest BCUT2D eigenvalue weighted by atomic mass is 10.2. The van der Waals surface area contributed by atoms with E-state index >= 15 is 0 Å². The van der Waals surface area contributed by atoms with Gasteiger partial charge in [-0.05, 0) is 59.0 Å². The molecule has 8 nitrogen and oxygen atoms in total. The van der Waals surface area contributed by atoms with Gasteiger partial charge in [0, 0.05) is 10.8 Å². The lowest BCUT2D eigenvalue weighted by Gasteiger charge is -2.03. The Hall–Kier alpha value is -3.10. The van der Waals surface area contributed by atoms with Gasteiger partial charge in [0.15, 0.2) is 5.69 Å². The van der Waals surface area contributed by atoms with Crippen LogP contribution < -0.4 is 9.47 Å². The molecule has 3 N–H and O–H groups in total. The monoisotopic (exact) mass is 538 g/mol. The highest BCUT2D eigenvalue weighted by atomic mass is 127. The molecule has 0 saturated carbocycles. The van der Waals surface area contributed by atoms with Gasteiger partial charge in [0.05, 0.1) is 11.0 Å². The second-order valence-electron chi connectivity index (χ2n) is 5.56. The second-order valence-corrected chi connectivity index (χ2v) is 6.64. The summed E-state index contributed by atoms with van der Waals surface area (Å²) in [5.41, 5.74) is 0.949. The summed E-state index contributed by atoms with van der Waals surface area (Å²) in [6.45, 7) is -5.74. The number of hydrogen-bond donors (Lipinski definition) is 3. The van der Waals surface area contributed by atoms with Crippen molar-refractivity contribution in [2.24, 2.45) is 0 Å². The van der Waals surface area contributed by atoms with E-state index in [0.29, 0.717) is 5.52 Å². The van der Waals surface area contributed by atoms with E-state index in [4.69, 9.17) is 5.11 Å². The Morgan fingerprint density at radius 3 is 2.13 bits per heavy atom. The van der Waals surface area contributed by atoms with Gasteiger partial charge in [-0.3, -0.25) is 10.2 Å². The average Bonchev–Trinajstić information content (AvgIpc) is 3.25. The maximum Gasteiger partial charge on any atom is 0.387 e. The van der Waals surface area contributed by atoms with E-state index in [9.17, 15) is 22.4 Å². The number of nitrogens with one attached hydrogen (secondary N) is 2. The number of aromatic amines is 2. The Morgan fingerprint density at radius 2 is 1.53 bits per heavy atom. The van der Waals surface area contributed by atoms with Crippen molar-refractivity contribution in [2.45, 2.75) is 13.2 Å². The number of carboxylic acids is 1. The molecule has 0 aliphatic rings. The molecule has 0 amide bonds. The first kappa shape index (κ1) is 21.6. The second kappa shape index (κ2) is 9.15. The van der Waals surface area contributed by atoms with Crippen molar-refractivity contribution in [3.63, 3.8) is 0 Å². The Morgan fingerprint density at radius 1 is 0.933 bits per heavy atom. The maximum atomic E-state index is 11.9. The number of benzene rings is 2. The number of ether oxygens (including phenoxy) is 2.